The van der Waals surface area contributed by atoms with E-state index in [1.807, 2.05) is 0 Å². The molecule has 2 N–H and O–H groups in total. The van der Waals surface area contributed by atoms with E-state index in [1.54, 1.807) is 12.1 Å². The van der Waals surface area contributed by atoms with E-state index < -0.39 is 5.82 Å². The minimum Gasteiger partial charge on any atom is -0.507 e. The van der Waals surface area contributed by atoms with E-state index >= 15 is 0 Å². The number of halogens is 1. The monoisotopic (exact) mass is 184 g/mol. The molecular formula is C8H5FO2S. The van der Waals surface area contributed by atoms with Gasteiger partial charge in [-0.3, -0.25) is 0 Å². The molecule has 2 aromatic rings. The summed E-state index contributed by atoms with van der Waals surface area (Å²) < 4.78 is 13.6. The molecule has 0 bridgehead atoms. The molecule has 0 saturated heterocycles. The number of phenols is 1. The molecule has 0 saturated carbocycles. The number of fused-ring (bicyclic) bond motifs is 1. The quantitative estimate of drug-likeness (QED) is 0.660. The first-order valence-corrected chi connectivity index (χ1v) is 4.10. The van der Waals surface area contributed by atoms with Gasteiger partial charge < -0.3 is 10.2 Å². The highest BCUT2D eigenvalue weighted by Crippen LogP contribution is 2.39. The highest BCUT2D eigenvalue weighted by Gasteiger charge is 2.13. The van der Waals surface area contributed by atoms with Crippen molar-refractivity contribution < 1.29 is 14.6 Å². The third-order valence-electron chi connectivity index (χ3n) is 1.62. The van der Waals surface area contributed by atoms with Crippen molar-refractivity contribution in [3.8, 4) is 10.8 Å². The maximum absolute atomic E-state index is 13.0. The van der Waals surface area contributed by atoms with Gasteiger partial charge in [0.25, 0.3) is 0 Å². The summed E-state index contributed by atoms with van der Waals surface area (Å²) in [5, 5.41) is 17.9. The van der Waals surface area contributed by atoms with Crippen molar-refractivity contribution in [1.82, 2.24) is 0 Å². The van der Waals surface area contributed by atoms with Crippen LogP contribution >= 0.6 is 11.3 Å². The fourth-order valence-corrected chi connectivity index (χ4v) is 1.92. The lowest BCUT2D eigenvalue weighted by atomic mass is 10.2. The Hall–Kier alpha value is -1.29. The lowest BCUT2D eigenvalue weighted by Gasteiger charge is -1.92. The molecule has 0 unspecified atom stereocenters. The van der Waals surface area contributed by atoms with Crippen LogP contribution in [0.3, 0.4) is 0 Å². The Morgan fingerprint density at radius 2 is 2.00 bits per heavy atom. The van der Waals surface area contributed by atoms with Crippen LogP contribution in [0.5, 0.6) is 10.8 Å². The molecule has 0 amide bonds. The SMILES string of the molecule is Oc1sc2cccc(O)c2c1F. The predicted octanol–water partition coefficient (Wildman–Crippen LogP) is 2.45. The van der Waals surface area contributed by atoms with Gasteiger partial charge in [0.1, 0.15) is 5.75 Å². The first-order valence-electron chi connectivity index (χ1n) is 3.29. The zero-order valence-electron chi connectivity index (χ0n) is 5.91. The average molecular weight is 184 g/mol. The van der Waals surface area contributed by atoms with Crippen LogP contribution in [0, 0.1) is 5.82 Å². The molecule has 2 nitrogen and oxygen atoms in total. The molecule has 1 aromatic heterocycles. The number of hydrogen-bond acceptors (Lipinski definition) is 3. The Kier molecular flexibility index (Phi) is 1.44. The van der Waals surface area contributed by atoms with Gasteiger partial charge in [-0.1, -0.05) is 17.4 Å². The third-order valence-corrected chi connectivity index (χ3v) is 2.55. The topological polar surface area (TPSA) is 40.5 Å². The van der Waals surface area contributed by atoms with Crippen LogP contribution in [-0.2, 0) is 0 Å². The van der Waals surface area contributed by atoms with Crippen LogP contribution in [0.15, 0.2) is 18.2 Å². The van der Waals surface area contributed by atoms with Crippen molar-refractivity contribution in [2.75, 3.05) is 0 Å². The minimum absolute atomic E-state index is 0.0972. The van der Waals surface area contributed by atoms with E-state index in [9.17, 15) is 9.50 Å². The highest BCUT2D eigenvalue weighted by molar-refractivity contribution is 7.20. The molecule has 4 heteroatoms. The number of thiophene rings is 1. The second-order valence-electron chi connectivity index (χ2n) is 2.37. The molecule has 1 aromatic carbocycles. The van der Waals surface area contributed by atoms with E-state index in [0.717, 1.165) is 11.3 Å². The second-order valence-corrected chi connectivity index (χ2v) is 3.40. The highest BCUT2D eigenvalue weighted by atomic mass is 32.1. The van der Waals surface area contributed by atoms with Crippen LogP contribution in [0.1, 0.15) is 0 Å². The van der Waals surface area contributed by atoms with E-state index in [2.05, 4.69) is 0 Å². The van der Waals surface area contributed by atoms with Crippen molar-refractivity contribution in [3.63, 3.8) is 0 Å². The van der Waals surface area contributed by atoms with Gasteiger partial charge in [-0.05, 0) is 12.1 Å². The van der Waals surface area contributed by atoms with Gasteiger partial charge in [-0.25, -0.2) is 4.39 Å². The maximum Gasteiger partial charge on any atom is 0.209 e. The van der Waals surface area contributed by atoms with Crippen molar-refractivity contribution in [3.05, 3.63) is 24.0 Å². The normalized spacial score (nSPS) is 10.8. The smallest absolute Gasteiger partial charge is 0.209 e. The Bertz CT molecular complexity index is 436. The second kappa shape index (κ2) is 2.35. The summed E-state index contributed by atoms with van der Waals surface area (Å²) in [6, 6.07) is 4.63. The molecule has 1 heterocycles. The van der Waals surface area contributed by atoms with Crippen molar-refractivity contribution >= 4 is 21.4 Å². The molecular weight excluding hydrogens is 179 g/mol. The summed E-state index contributed by atoms with van der Waals surface area (Å²) in [7, 11) is 0. The fourth-order valence-electron chi connectivity index (χ4n) is 1.08. The average Bonchev–Trinajstić information content (AvgIpc) is 2.29. The van der Waals surface area contributed by atoms with Crippen LogP contribution in [0.25, 0.3) is 10.1 Å². The Morgan fingerprint density at radius 1 is 1.25 bits per heavy atom. The molecule has 0 spiro atoms. The molecule has 0 aliphatic heterocycles. The standard InChI is InChI=1S/C8H5FO2S/c9-7-6-4(10)2-1-3-5(6)12-8(7)11/h1-3,10-11H. The van der Waals surface area contributed by atoms with E-state index in [1.165, 1.54) is 6.07 Å². The number of aromatic hydroxyl groups is 2. The Balaban J connectivity index is 2.97. The predicted molar refractivity (Wildman–Crippen MR) is 45.1 cm³/mol. The first kappa shape index (κ1) is 7.36. The molecule has 0 fully saturated rings. The first-order chi connectivity index (χ1) is 5.70. The van der Waals surface area contributed by atoms with E-state index in [-0.39, 0.29) is 16.2 Å². The van der Waals surface area contributed by atoms with Gasteiger partial charge in [-0.2, -0.15) is 0 Å². The molecule has 0 radical (unpaired) electrons. The maximum atomic E-state index is 13.0. The van der Waals surface area contributed by atoms with Gasteiger partial charge in [0.2, 0.25) is 5.06 Å². The number of rotatable bonds is 0. The molecule has 0 aliphatic rings. The summed E-state index contributed by atoms with van der Waals surface area (Å²) >= 11 is 0.913. The number of benzene rings is 1. The van der Waals surface area contributed by atoms with Gasteiger partial charge in [0.15, 0.2) is 5.82 Å². The van der Waals surface area contributed by atoms with Crippen molar-refractivity contribution in [2.24, 2.45) is 0 Å². The van der Waals surface area contributed by atoms with Crippen LogP contribution < -0.4 is 0 Å². The minimum atomic E-state index is -0.742. The fraction of sp³-hybridized carbons (Fsp3) is 0. The molecule has 2 rings (SSSR count). The summed E-state index contributed by atoms with van der Waals surface area (Å²) in [5.74, 6) is -0.880. The van der Waals surface area contributed by atoms with Gasteiger partial charge in [0, 0.05) is 4.70 Å². The van der Waals surface area contributed by atoms with E-state index in [4.69, 9.17) is 5.11 Å². The van der Waals surface area contributed by atoms with Crippen LogP contribution in [-0.4, -0.2) is 10.2 Å². The molecule has 0 atom stereocenters. The number of hydrogen-bond donors (Lipinski definition) is 2. The molecule has 62 valence electrons. The van der Waals surface area contributed by atoms with Gasteiger partial charge in [-0.15, -0.1) is 0 Å². The lowest BCUT2D eigenvalue weighted by molar-refractivity contribution is 0.447. The lowest BCUT2D eigenvalue weighted by Crippen LogP contribution is -1.70. The van der Waals surface area contributed by atoms with Crippen LogP contribution in [0.4, 0.5) is 4.39 Å². The third kappa shape index (κ3) is 0.848. The molecule has 0 aliphatic carbocycles. The Morgan fingerprint density at radius 3 is 2.67 bits per heavy atom. The largest absolute Gasteiger partial charge is 0.507 e. The summed E-state index contributed by atoms with van der Waals surface area (Å²) in [4.78, 5) is 0. The zero-order valence-corrected chi connectivity index (χ0v) is 6.73. The van der Waals surface area contributed by atoms with Gasteiger partial charge >= 0.3 is 0 Å². The van der Waals surface area contributed by atoms with Crippen LogP contribution in [0.2, 0.25) is 0 Å². The van der Waals surface area contributed by atoms with Crippen molar-refractivity contribution in [1.29, 1.82) is 0 Å². The Labute approximate surface area is 71.5 Å². The molecule has 12 heavy (non-hydrogen) atoms. The zero-order chi connectivity index (χ0) is 8.72. The summed E-state index contributed by atoms with van der Waals surface area (Å²) in [5.41, 5.74) is 0. The van der Waals surface area contributed by atoms with Crippen molar-refractivity contribution in [2.45, 2.75) is 0 Å². The van der Waals surface area contributed by atoms with E-state index in [0.29, 0.717) is 4.70 Å². The number of phenolic OH excluding ortho intramolecular Hbond substituents is 1. The van der Waals surface area contributed by atoms with Gasteiger partial charge in [0.05, 0.1) is 5.39 Å². The summed E-state index contributed by atoms with van der Waals surface area (Å²) in [6.45, 7) is 0. The summed E-state index contributed by atoms with van der Waals surface area (Å²) in [6.07, 6.45) is 0.